The molecule has 21 heavy (non-hydrogen) atoms. The van der Waals surface area contributed by atoms with Gasteiger partial charge in [-0.3, -0.25) is 4.99 Å². The Morgan fingerprint density at radius 1 is 1.19 bits per heavy atom. The van der Waals surface area contributed by atoms with Crippen LogP contribution < -0.4 is 11.1 Å². The van der Waals surface area contributed by atoms with E-state index in [0.29, 0.717) is 12.5 Å². The highest BCUT2D eigenvalue weighted by atomic mass is 16.5. The lowest BCUT2D eigenvalue weighted by molar-refractivity contribution is 0.392. The molecule has 3 N–H and O–H groups in total. The van der Waals surface area contributed by atoms with E-state index in [0.717, 1.165) is 29.1 Å². The molecule has 0 spiro atoms. The van der Waals surface area contributed by atoms with Crippen molar-refractivity contribution in [2.75, 3.05) is 11.9 Å². The van der Waals surface area contributed by atoms with E-state index in [-0.39, 0.29) is 0 Å². The molecule has 0 atom stereocenters. The number of nitrogens with two attached hydrogens (primary N) is 1. The summed E-state index contributed by atoms with van der Waals surface area (Å²) in [6.07, 6.45) is 0.774. The van der Waals surface area contributed by atoms with Crippen molar-refractivity contribution < 1.29 is 4.52 Å². The molecule has 0 unspecified atom stereocenters. The maximum atomic E-state index is 5.92. The fourth-order valence-corrected chi connectivity index (χ4v) is 2.38. The Balaban J connectivity index is 1.95. The van der Waals surface area contributed by atoms with Gasteiger partial charge in [0, 0.05) is 17.8 Å². The number of nitrogens with zero attached hydrogens (tertiary/aromatic N) is 2. The molecular formula is C16H22N4O. The van der Waals surface area contributed by atoms with Gasteiger partial charge in [-0.1, -0.05) is 11.2 Å². The smallest absolute Gasteiger partial charge is 0.193 e. The van der Waals surface area contributed by atoms with Crippen LogP contribution in [-0.4, -0.2) is 17.7 Å². The Labute approximate surface area is 125 Å². The third kappa shape index (κ3) is 4.08. The van der Waals surface area contributed by atoms with Crippen LogP contribution in [0.2, 0.25) is 0 Å². The molecular weight excluding hydrogens is 264 g/mol. The third-order valence-electron chi connectivity index (χ3n) is 3.32. The Kier molecular flexibility index (Phi) is 4.62. The molecule has 1 aromatic carbocycles. The van der Waals surface area contributed by atoms with Gasteiger partial charge in [0.25, 0.3) is 0 Å². The molecule has 1 aromatic heterocycles. The second-order valence-corrected chi connectivity index (χ2v) is 5.32. The zero-order valence-electron chi connectivity index (χ0n) is 13.0. The van der Waals surface area contributed by atoms with Gasteiger partial charge in [-0.05, 0) is 57.4 Å². The number of rotatable bonds is 4. The monoisotopic (exact) mass is 286 g/mol. The molecule has 2 rings (SSSR count). The van der Waals surface area contributed by atoms with E-state index >= 15 is 0 Å². The second kappa shape index (κ2) is 6.43. The molecule has 0 saturated carbocycles. The van der Waals surface area contributed by atoms with Crippen LogP contribution in [0.15, 0.2) is 27.7 Å². The Hall–Kier alpha value is -2.30. The van der Waals surface area contributed by atoms with Crippen LogP contribution in [0.4, 0.5) is 5.69 Å². The number of guanidine groups is 1. The zero-order chi connectivity index (χ0) is 15.4. The minimum atomic E-state index is 0.423. The first kappa shape index (κ1) is 15.1. The van der Waals surface area contributed by atoms with Gasteiger partial charge in [-0.2, -0.15) is 0 Å². The zero-order valence-corrected chi connectivity index (χ0v) is 13.0. The standard InChI is InChI=1S/C16H22N4O/c1-10-7-11(2)9-14(8-10)19-16(17)18-6-5-15-12(3)20-21-13(15)4/h7-9H,5-6H2,1-4H3,(H3,17,18,19). The quantitative estimate of drug-likeness (QED) is 0.669. The molecule has 0 aliphatic heterocycles. The molecule has 5 nitrogen and oxygen atoms in total. The lowest BCUT2D eigenvalue weighted by Gasteiger charge is -2.08. The van der Waals surface area contributed by atoms with Crippen molar-refractivity contribution in [2.45, 2.75) is 34.1 Å². The van der Waals surface area contributed by atoms with Crippen molar-refractivity contribution in [3.05, 3.63) is 46.3 Å². The Morgan fingerprint density at radius 3 is 2.43 bits per heavy atom. The lowest BCUT2D eigenvalue weighted by atomic mass is 10.1. The highest BCUT2D eigenvalue weighted by Gasteiger charge is 2.07. The SMILES string of the molecule is Cc1cc(C)cc(NC(N)=NCCc2c(C)noc2C)c1. The van der Waals surface area contributed by atoms with Crippen molar-refractivity contribution in [3.8, 4) is 0 Å². The molecule has 0 saturated heterocycles. The lowest BCUT2D eigenvalue weighted by Crippen LogP contribution is -2.23. The van der Waals surface area contributed by atoms with Crippen LogP contribution in [0.25, 0.3) is 0 Å². The van der Waals surface area contributed by atoms with E-state index in [1.807, 2.05) is 26.0 Å². The van der Waals surface area contributed by atoms with E-state index in [9.17, 15) is 0 Å². The number of aromatic nitrogens is 1. The van der Waals surface area contributed by atoms with E-state index in [2.05, 4.69) is 35.4 Å². The molecule has 0 fully saturated rings. The molecule has 112 valence electrons. The van der Waals surface area contributed by atoms with E-state index in [1.165, 1.54) is 11.1 Å². The predicted molar refractivity (Wildman–Crippen MR) is 85.7 cm³/mol. The Morgan fingerprint density at radius 2 is 1.86 bits per heavy atom. The third-order valence-corrected chi connectivity index (χ3v) is 3.32. The van der Waals surface area contributed by atoms with E-state index in [4.69, 9.17) is 10.3 Å². The van der Waals surface area contributed by atoms with Crippen molar-refractivity contribution in [3.63, 3.8) is 0 Å². The Bertz CT molecular complexity index is 619. The van der Waals surface area contributed by atoms with Crippen molar-refractivity contribution >= 4 is 11.6 Å². The summed E-state index contributed by atoms with van der Waals surface area (Å²) in [5.74, 6) is 1.27. The molecule has 0 amide bonds. The number of aryl methyl sites for hydroxylation is 4. The van der Waals surface area contributed by atoms with Crippen LogP contribution in [0.1, 0.15) is 28.1 Å². The highest BCUT2D eigenvalue weighted by molar-refractivity contribution is 5.92. The van der Waals surface area contributed by atoms with Gasteiger partial charge in [0.05, 0.1) is 5.69 Å². The van der Waals surface area contributed by atoms with Gasteiger partial charge in [-0.25, -0.2) is 0 Å². The fourth-order valence-electron chi connectivity index (χ4n) is 2.38. The predicted octanol–water partition coefficient (Wildman–Crippen LogP) is 2.88. The average molecular weight is 286 g/mol. The molecule has 0 aliphatic carbocycles. The van der Waals surface area contributed by atoms with Crippen LogP contribution in [0, 0.1) is 27.7 Å². The van der Waals surface area contributed by atoms with Crippen LogP contribution in [0.3, 0.4) is 0 Å². The maximum absolute atomic E-state index is 5.92. The van der Waals surface area contributed by atoms with Crippen LogP contribution in [-0.2, 0) is 6.42 Å². The topological polar surface area (TPSA) is 76.4 Å². The second-order valence-electron chi connectivity index (χ2n) is 5.32. The van der Waals surface area contributed by atoms with Gasteiger partial charge < -0.3 is 15.6 Å². The molecule has 0 radical (unpaired) electrons. The number of anilines is 1. The minimum absolute atomic E-state index is 0.423. The fraction of sp³-hybridized carbons (Fsp3) is 0.375. The normalized spacial score (nSPS) is 11.7. The van der Waals surface area contributed by atoms with Crippen molar-refractivity contribution in [2.24, 2.45) is 10.7 Å². The minimum Gasteiger partial charge on any atom is -0.370 e. The summed E-state index contributed by atoms with van der Waals surface area (Å²) in [5.41, 5.74) is 11.3. The first-order chi connectivity index (χ1) is 9.95. The number of nitrogens with one attached hydrogen (secondary N) is 1. The van der Waals surface area contributed by atoms with Gasteiger partial charge >= 0.3 is 0 Å². The molecule has 0 bridgehead atoms. The van der Waals surface area contributed by atoms with Gasteiger partial charge in [0.2, 0.25) is 0 Å². The number of hydrogen-bond donors (Lipinski definition) is 2. The summed E-state index contributed by atoms with van der Waals surface area (Å²) in [7, 11) is 0. The van der Waals surface area contributed by atoms with Gasteiger partial charge in [0.1, 0.15) is 5.76 Å². The summed E-state index contributed by atoms with van der Waals surface area (Å²) in [4.78, 5) is 4.35. The summed E-state index contributed by atoms with van der Waals surface area (Å²) in [5, 5.41) is 7.05. The summed E-state index contributed by atoms with van der Waals surface area (Å²) < 4.78 is 5.13. The first-order valence-corrected chi connectivity index (χ1v) is 7.02. The molecule has 1 heterocycles. The van der Waals surface area contributed by atoms with Gasteiger partial charge in [0.15, 0.2) is 5.96 Å². The summed E-state index contributed by atoms with van der Waals surface area (Å²) in [6.45, 7) is 8.57. The largest absolute Gasteiger partial charge is 0.370 e. The van der Waals surface area contributed by atoms with Crippen molar-refractivity contribution in [1.29, 1.82) is 0 Å². The van der Waals surface area contributed by atoms with E-state index in [1.54, 1.807) is 0 Å². The maximum Gasteiger partial charge on any atom is 0.193 e. The molecule has 0 aliphatic rings. The molecule has 2 aromatic rings. The summed E-state index contributed by atoms with van der Waals surface area (Å²) >= 11 is 0. The van der Waals surface area contributed by atoms with Gasteiger partial charge in [-0.15, -0.1) is 0 Å². The van der Waals surface area contributed by atoms with Crippen LogP contribution >= 0.6 is 0 Å². The highest BCUT2D eigenvalue weighted by Crippen LogP contribution is 2.14. The average Bonchev–Trinajstić information content (AvgIpc) is 2.69. The van der Waals surface area contributed by atoms with Crippen molar-refractivity contribution in [1.82, 2.24) is 5.16 Å². The number of aliphatic imine (C=N–C) groups is 1. The summed E-state index contributed by atoms with van der Waals surface area (Å²) in [6, 6.07) is 6.21. The number of benzene rings is 1. The number of hydrogen-bond acceptors (Lipinski definition) is 3. The first-order valence-electron chi connectivity index (χ1n) is 7.02. The van der Waals surface area contributed by atoms with E-state index < -0.39 is 0 Å². The molecule has 5 heteroatoms. The van der Waals surface area contributed by atoms with Crippen LogP contribution in [0.5, 0.6) is 0 Å².